The molecule has 2 N–H and O–H groups in total. The van der Waals surface area contributed by atoms with Crippen LogP contribution in [0.1, 0.15) is 37.8 Å². The van der Waals surface area contributed by atoms with Crippen molar-refractivity contribution in [3.63, 3.8) is 0 Å². The maximum atomic E-state index is 11.1. The minimum absolute atomic E-state index is 0.0639. The Hall–Kier alpha value is -3.08. The number of nitrogens with one attached hydrogen (secondary N) is 2. The van der Waals surface area contributed by atoms with Gasteiger partial charge < -0.3 is 20.2 Å². The molecule has 0 heterocycles. The molecule has 0 aromatic heterocycles. The number of hydrogen-bond donors (Lipinski definition) is 2. The standard InChI is InChI=1S/C12H16N2O2.C8H10.C3H8.CH2O/c1-9(8-12(15)13-2)14-10-4-6-11(16-3)7-5-10;1-7-3-5-8(2)6-4-7;1-3-2;1-2/h4-7,14H,1,8H2,2-3H3,(H,13,15);3-6H,1-2H3;3H2,1-2H3;1H2. The van der Waals surface area contributed by atoms with E-state index in [2.05, 4.69) is 69.2 Å². The van der Waals surface area contributed by atoms with E-state index in [0.717, 1.165) is 11.4 Å². The highest BCUT2D eigenvalue weighted by Gasteiger charge is 2.02. The molecule has 0 saturated carbocycles. The van der Waals surface area contributed by atoms with E-state index in [-0.39, 0.29) is 12.3 Å². The number of hydrogen-bond acceptors (Lipinski definition) is 4. The summed E-state index contributed by atoms with van der Waals surface area (Å²) in [5.41, 5.74) is 4.20. The Morgan fingerprint density at radius 1 is 0.931 bits per heavy atom. The summed E-state index contributed by atoms with van der Waals surface area (Å²) >= 11 is 0. The Morgan fingerprint density at radius 3 is 1.69 bits per heavy atom. The molecule has 0 spiro atoms. The third-order valence-electron chi connectivity index (χ3n) is 3.28. The van der Waals surface area contributed by atoms with Gasteiger partial charge in [-0.1, -0.05) is 62.2 Å². The summed E-state index contributed by atoms with van der Waals surface area (Å²) in [7, 11) is 3.22. The largest absolute Gasteiger partial charge is 0.497 e. The van der Waals surface area contributed by atoms with E-state index < -0.39 is 0 Å². The second kappa shape index (κ2) is 18.3. The zero-order chi connectivity index (χ0) is 22.7. The lowest BCUT2D eigenvalue weighted by Crippen LogP contribution is -2.19. The zero-order valence-electron chi connectivity index (χ0n) is 18.7. The van der Waals surface area contributed by atoms with Crippen LogP contribution in [0.4, 0.5) is 5.69 Å². The minimum atomic E-state index is -0.0639. The lowest BCUT2D eigenvalue weighted by Gasteiger charge is -2.09. The highest BCUT2D eigenvalue weighted by molar-refractivity contribution is 5.78. The van der Waals surface area contributed by atoms with Crippen LogP contribution in [0.15, 0.2) is 60.8 Å². The molecule has 29 heavy (non-hydrogen) atoms. The van der Waals surface area contributed by atoms with Gasteiger partial charge in [-0.3, -0.25) is 4.79 Å². The molecule has 1 amide bonds. The number of aryl methyl sites for hydroxylation is 2. The Morgan fingerprint density at radius 2 is 1.34 bits per heavy atom. The molecule has 0 saturated heterocycles. The first-order valence-corrected chi connectivity index (χ1v) is 9.47. The van der Waals surface area contributed by atoms with Crippen molar-refractivity contribution < 1.29 is 14.3 Å². The smallest absolute Gasteiger partial charge is 0.225 e. The Bertz CT molecular complexity index is 659. The van der Waals surface area contributed by atoms with Crippen molar-refractivity contribution in [2.24, 2.45) is 0 Å². The van der Waals surface area contributed by atoms with Crippen molar-refractivity contribution in [3.05, 3.63) is 71.9 Å². The molecule has 0 unspecified atom stereocenters. The number of amides is 1. The van der Waals surface area contributed by atoms with Crippen LogP contribution in [0, 0.1) is 13.8 Å². The van der Waals surface area contributed by atoms with Gasteiger partial charge in [0, 0.05) is 18.4 Å². The van der Waals surface area contributed by atoms with Crippen molar-refractivity contribution in [2.45, 2.75) is 40.5 Å². The van der Waals surface area contributed by atoms with Gasteiger partial charge in [0.25, 0.3) is 0 Å². The minimum Gasteiger partial charge on any atom is -0.497 e. The molecule has 0 aliphatic carbocycles. The number of carbonyl (C=O) groups excluding carboxylic acids is 2. The number of benzene rings is 2. The second-order valence-corrected chi connectivity index (χ2v) is 6.17. The Balaban J connectivity index is 0. The summed E-state index contributed by atoms with van der Waals surface area (Å²) in [5, 5.41) is 5.59. The zero-order valence-corrected chi connectivity index (χ0v) is 18.7. The van der Waals surface area contributed by atoms with E-state index in [1.165, 1.54) is 17.5 Å². The molecule has 5 nitrogen and oxygen atoms in total. The highest BCUT2D eigenvalue weighted by Crippen LogP contribution is 2.16. The van der Waals surface area contributed by atoms with Crippen molar-refractivity contribution in [1.82, 2.24) is 5.32 Å². The van der Waals surface area contributed by atoms with Crippen LogP contribution < -0.4 is 15.4 Å². The molecule has 2 aromatic carbocycles. The van der Waals surface area contributed by atoms with Gasteiger partial charge in [-0.15, -0.1) is 0 Å². The maximum Gasteiger partial charge on any atom is 0.225 e. The summed E-state index contributed by atoms with van der Waals surface area (Å²) in [5.74, 6) is 0.730. The molecule has 0 fully saturated rings. The summed E-state index contributed by atoms with van der Waals surface area (Å²) in [6, 6.07) is 15.9. The van der Waals surface area contributed by atoms with Crippen LogP contribution in [0.25, 0.3) is 0 Å². The molecule has 2 aromatic rings. The van der Waals surface area contributed by atoms with Crippen molar-refractivity contribution in [3.8, 4) is 5.75 Å². The third kappa shape index (κ3) is 15.7. The first-order valence-electron chi connectivity index (χ1n) is 9.47. The Labute approximate surface area is 176 Å². The highest BCUT2D eigenvalue weighted by atomic mass is 16.5. The Kier molecular flexibility index (Phi) is 17.7. The van der Waals surface area contributed by atoms with E-state index >= 15 is 0 Å². The second-order valence-electron chi connectivity index (χ2n) is 6.17. The molecule has 0 aliphatic rings. The summed E-state index contributed by atoms with van der Waals surface area (Å²) in [6.45, 7) is 14.2. The maximum absolute atomic E-state index is 11.1. The fourth-order valence-corrected chi connectivity index (χ4v) is 1.84. The van der Waals surface area contributed by atoms with Crippen LogP contribution in [-0.2, 0) is 9.59 Å². The van der Waals surface area contributed by atoms with Crippen molar-refractivity contribution >= 4 is 18.4 Å². The van der Waals surface area contributed by atoms with Gasteiger partial charge in [-0.05, 0) is 38.1 Å². The van der Waals surface area contributed by atoms with Crippen molar-refractivity contribution in [2.75, 3.05) is 19.5 Å². The third-order valence-corrected chi connectivity index (χ3v) is 3.28. The fourth-order valence-electron chi connectivity index (χ4n) is 1.84. The van der Waals surface area contributed by atoms with Crippen LogP contribution >= 0.6 is 0 Å². The van der Waals surface area contributed by atoms with Gasteiger partial charge in [0.05, 0.1) is 13.5 Å². The predicted molar refractivity (Wildman–Crippen MR) is 123 cm³/mol. The lowest BCUT2D eigenvalue weighted by atomic mass is 10.2. The number of ether oxygens (including phenoxy) is 1. The SMILES string of the molecule is C=C(CC(=O)NC)Nc1ccc(OC)cc1.C=O.CCC.Cc1ccc(C)cc1. The first-order chi connectivity index (χ1) is 13.9. The van der Waals surface area contributed by atoms with Gasteiger partial charge in [0.15, 0.2) is 0 Å². The molecule has 0 radical (unpaired) electrons. The first kappa shape index (κ1) is 28.1. The average Bonchev–Trinajstić information content (AvgIpc) is 2.73. The van der Waals surface area contributed by atoms with Gasteiger partial charge in [0.2, 0.25) is 5.91 Å². The van der Waals surface area contributed by atoms with Gasteiger partial charge in [0.1, 0.15) is 12.5 Å². The number of carbonyl (C=O) groups is 2. The number of methoxy groups -OCH3 is 1. The molecule has 0 aliphatic heterocycles. The van der Waals surface area contributed by atoms with Crippen LogP contribution in [-0.4, -0.2) is 26.9 Å². The number of anilines is 1. The van der Waals surface area contributed by atoms with E-state index in [4.69, 9.17) is 9.53 Å². The predicted octanol–water partition coefficient (Wildman–Crippen LogP) is 5.29. The van der Waals surface area contributed by atoms with Crippen LogP contribution in [0.3, 0.4) is 0 Å². The van der Waals surface area contributed by atoms with Gasteiger partial charge in [-0.2, -0.15) is 0 Å². The monoisotopic (exact) mass is 400 g/mol. The fraction of sp³-hybridized carbons (Fsp3) is 0.333. The summed E-state index contributed by atoms with van der Waals surface area (Å²) in [4.78, 5) is 19.1. The quantitative estimate of drug-likeness (QED) is 0.715. The van der Waals surface area contributed by atoms with E-state index in [1.807, 2.05) is 31.1 Å². The molecular weight excluding hydrogens is 364 g/mol. The van der Waals surface area contributed by atoms with Gasteiger partial charge in [-0.25, -0.2) is 0 Å². The molecule has 5 heteroatoms. The van der Waals surface area contributed by atoms with Crippen LogP contribution in [0.5, 0.6) is 5.75 Å². The summed E-state index contributed by atoms with van der Waals surface area (Å²) < 4.78 is 5.04. The van der Waals surface area contributed by atoms with Crippen molar-refractivity contribution in [1.29, 1.82) is 0 Å². The average molecular weight is 401 g/mol. The molecule has 2 rings (SSSR count). The van der Waals surface area contributed by atoms with Crippen LogP contribution in [0.2, 0.25) is 0 Å². The lowest BCUT2D eigenvalue weighted by molar-refractivity contribution is -0.119. The molecule has 160 valence electrons. The van der Waals surface area contributed by atoms with E-state index in [9.17, 15) is 4.79 Å². The normalized spacial score (nSPS) is 8.48. The molecule has 0 atom stereocenters. The molecule has 0 bridgehead atoms. The molecular formula is C24H36N2O3. The number of rotatable bonds is 5. The topological polar surface area (TPSA) is 67.4 Å². The van der Waals surface area contributed by atoms with Gasteiger partial charge >= 0.3 is 0 Å². The summed E-state index contributed by atoms with van der Waals surface area (Å²) in [6.07, 6.45) is 1.52. The van der Waals surface area contributed by atoms with E-state index in [0.29, 0.717) is 5.70 Å². The van der Waals surface area contributed by atoms with E-state index in [1.54, 1.807) is 14.2 Å².